The van der Waals surface area contributed by atoms with Crippen LogP contribution < -0.4 is 0 Å². The average Bonchev–Trinajstić information content (AvgIpc) is 2.53. The molecule has 0 unspecified atom stereocenters. The van der Waals surface area contributed by atoms with Crippen molar-refractivity contribution in [2.45, 2.75) is 0 Å². The molecule has 0 nitrogen and oxygen atoms in total. The molecule has 0 aliphatic heterocycles. The van der Waals surface area contributed by atoms with Crippen molar-refractivity contribution in [2.75, 3.05) is 0 Å². The Hall–Kier alpha value is -2.60. The van der Waals surface area contributed by atoms with Gasteiger partial charge >= 0.3 is 0 Å². The molecule has 0 aromatic heterocycles. The van der Waals surface area contributed by atoms with Crippen molar-refractivity contribution in [1.82, 2.24) is 0 Å². The van der Waals surface area contributed by atoms with E-state index >= 15 is 0 Å². The predicted octanol–water partition coefficient (Wildman–Crippen LogP) is 5.46. The summed E-state index contributed by atoms with van der Waals surface area (Å²) in [6.45, 7) is 0. The van der Waals surface area contributed by atoms with E-state index in [1.807, 2.05) is 12.1 Å². The molecule has 0 saturated carbocycles. The first-order valence-electron chi connectivity index (χ1n) is 6.80. The Labute approximate surface area is 118 Å². The second-order valence-electron chi connectivity index (χ2n) is 5.00. The van der Waals surface area contributed by atoms with E-state index < -0.39 is 0 Å². The molecule has 4 rings (SSSR count). The summed E-state index contributed by atoms with van der Waals surface area (Å²) in [5, 5.41) is 4.97. The Balaban J connectivity index is 2.09. The van der Waals surface area contributed by atoms with Gasteiger partial charge in [-0.3, -0.25) is 0 Å². The molecule has 4 aromatic rings. The molecule has 0 fully saturated rings. The quantitative estimate of drug-likeness (QED) is 0.395. The molecule has 0 N–H and O–H groups in total. The van der Waals surface area contributed by atoms with Crippen molar-refractivity contribution in [2.24, 2.45) is 0 Å². The summed E-state index contributed by atoms with van der Waals surface area (Å²) in [5.74, 6) is 0. The average molecular weight is 253 g/mol. The van der Waals surface area contributed by atoms with Crippen molar-refractivity contribution in [1.29, 1.82) is 0 Å². The van der Waals surface area contributed by atoms with Crippen molar-refractivity contribution in [3.63, 3.8) is 0 Å². The van der Waals surface area contributed by atoms with Crippen molar-refractivity contribution in [3.8, 4) is 11.1 Å². The van der Waals surface area contributed by atoms with E-state index in [0.29, 0.717) is 0 Å². The zero-order chi connectivity index (χ0) is 13.4. The molecular formula is C20H13. The minimum atomic E-state index is 1.17. The number of benzene rings is 4. The fraction of sp³-hybridized carbons (Fsp3) is 0. The summed E-state index contributed by atoms with van der Waals surface area (Å²) < 4.78 is 0. The number of hydrogen-bond acceptors (Lipinski definition) is 0. The van der Waals surface area contributed by atoms with Crippen LogP contribution >= 0.6 is 0 Å². The van der Waals surface area contributed by atoms with Gasteiger partial charge in [0.1, 0.15) is 0 Å². The molecule has 0 aliphatic rings. The van der Waals surface area contributed by atoms with Gasteiger partial charge in [0, 0.05) is 0 Å². The maximum Gasteiger partial charge on any atom is -0.00986 e. The fourth-order valence-corrected chi connectivity index (χ4v) is 2.76. The lowest BCUT2D eigenvalue weighted by Gasteiger charge is -2.08. The number of fused-ring (bicyclic) bond motifs is 2. The Morgan fingerprint density at radius 1 is 0.650 bits per heavy atom. The topological polar surface area (TPSA) is 0 Å². The van der Waals surface area contributed by atoms with Gasteiger partial charge in [-0.1, -0.05) is 66.7 Å². The van der Waals surface area contributed by atoms with Crippen LogP contribution in [0.2, 0.25) is 0 Å². The minimum Gasteiger partial charge on any atom is -0.0622 e. The molecule has 0 bridgehead atoms. The van der Waals surface area contributed by atoms with Gasteiger partial charge in [0.15, 0.2) is 0 Å². The maximum absolute atomic E-state index is 3.32. The third kappa shape index (κ3) is 1.78. The van der Waals surface area contributed by atoms with E-state index in [1.54, 1.807) is 0 Å². The zero-order valence-corrected chi connectivity index (χ0v) is 11.0. The smallest absolute Gasteiger partial charge is 0.00986 e. The first kappa shape index (κ1) is 11.2. The Morgan fingerprint density at radius 3 is 2.40 bits per heavy atom. The lowest BCUT2D eigenvalue weighted by molar-refractivity contribution is 1.66. The van der Waals surface area contributed by atoms with E-state index in [9.17, 15) is 0 Å². The van der Waals surface area contributed by atoms with Crippen LogP contribution in [0.25, 0.3) is 32.7 Å². The summed E-state index contributed by atoms with van der Waals surface area (Å²) in [6.07, 6.45) is 0. The highest BCUT2D eigenvalue weighted by Gasteiger charge is 2.04. The Kier molecular flexibility index (Phi) is 2.53. The Morgan fingerprint density at radius 2 is 1.50 bits per heavy atom. The first-order chi connectivity index (χ1) is 9.92. The molecule has 0 heteroatoms. The van der Waals surface area contributed by atoms with E-state index in [-0.39, 0.29) is 0 Å². The number of rotatable bonds is 1. The third-order valence-corrected chi connectivity index (χ3v) is 3.75. The highest BCUT2D eigenvalue weighted by Crippen LogP contribution is 2.31. The molecule has 0 spiro atoms. The second kappa shape index (κ2) is 4.50. The summed E-state index contributed by atoms with van der Waals surface area (Å²) >= 11 is 0. The summed E-state index contributed by atoms with van der Waals surface area (Å²) in [6, 6.07) is 31.0. The summed E-state index contributed by atoms with van der Waals surface area (Å²) in [5.41, 5.74) is 2.54. The van der Waals surface area contributed by atoms with Crippen LogP contribution in [-0.4, -0.2) is 0 Å². The Bertz CT molecular complexity index is 889. The highest BCUT2D eigenvalue weighted by atomic mass is 14.1. The molecule has 0 amide bonds. The van der Waals surface area contributed by atoms with Crippen molar-refractivity contribution in [3.05, 3.63) is 84.9 Å². The molecule has 0 aliphatic carbocycles. The summed E-state index contributed by atoms with van der Waals surface area (Å²) in [7, 11) is 0. The molecule has 1 radical (unpaired) electrons. The molecule has 0 saturated heterocycles. The van der Waals surface area contributed by atoms with Gasteiger partial charge < -0.3 is 0 Å². The molecule has 0 atom stereocenters. The molecule has 93 valence electrons. The van der Waals surface area contributed by atoms with Crippen LogP contribution in [0.5, 0.6) is 0 Å². The van der Waals surface area contributed by atoms with Crippen LogP contribution in [0.15, 0.2) is 78.9 Å². The minimum absolute atomic E-state index is 1.17. The maximum atomic E-state index is 3.32. The largest absolute Gasteiger partial charge is 0.0622 e. The lowest BCUT2D eigenvalue weighted by atomic mass is 9.96. The molecular weight excluding hydrogens is 240 g/mol. The van der Waals surface area contributed by atoms with Gasteiger partial charge in [0.25, 0.3) is 0 Å². The van der Waals surface area contributed by atoms with E-state index in [1.165, 1.54) is 32.7 Å². The van der Waals surface area contributed by atoms with Crippen molar-refractivity contribution >= 4 is 21.5 Å². The SMILES string of the molecule is [c]1cccc2cc3cccc(-c4ccccc4)c3cc12. The number of hydrogen-bond donors (Lipinski definition) is 0. The van der Waals surface area contributed by atoms with E-state index in [4.69, 9.17) is 0 Å². The van der Waals surface area contributed by atoms with Gasteiger partial charge in [-0.15, -0.1) is 0 Å². The monoisotopic (exact) mass is 253 g/mol. The first-order valence-corrected chi connectivity index (χ1v) is 6.80. The van der Waals surface area contributed by atoms with Crippen LogP contribution in [-0.2, 0) is 0 Å². The summed E-state index contributed by atoms with van der Waals surface area (Å²) in [4.78, 5) is 0. The third-order valence-electron chi connectivity index (χ3n) is 3.75. The van der Waals surface area contributed by atoms with Crippen LogP contribution in [0.4, 0.5) is 0 Å². The van der Waals surface area contributed by atoms with Gasteiger partial charge in [-0.25, -0.2) is 0 Å². The van der Waals surface area contributed by atoms with Gasteiger partial charge in [0.05, 0.1) is 0 Å². The van der Waals surface area contributed by atoms with E-state index in [0.717, 1.165) is 0 Å². The predicted molar refractivity (Wildman–Crippen MR) is 85.7 cm³/mol. The normalized spacial score (nSPS) is 11.0. The second-order valence-corrected chi connectivity index (χ2v) is 5.00. The standard InChI is InChI=1S/C20H13/c1-2-7-15(8-3-1)19-12-6-11-18-13-16-9-4-5-10-17(16)14-20(18)19/h1-9,11-14H. The van der Waals surface area contributed by atoms with E-state index in [2.05, 4.69) is 72.8 Å². The molecule has 0 heterocycles. The van der Waals surface area contributed by atoms with Crippen LogP contribution in [0, 0.1) is 6.07 Å². The van der Waals surface area contributed by atoms with Gasteiger partial charge in [-0.2, -0.15) is 0 Å². The highest BCUT2D eigenvalue weighted by molar-refractivity contribution is 6.04. The van der Waals surface area contributed by atoms with Crippen molar-refractivity contribution < 1.29 is 0 Å². The fourth-order valence-electron chi connectivity index (χ4n) is 2.76. The molecule has 4 aromatic carbocycles. The molecule has 20 heavy (non-hydrogen) atoms. The van der Waals surface area contributed by atoms with Gasteiger partial charge in [0.2, 0.25) is 0 Å². The lowest BCUT2D eigenvalue weighted by Crippen LogP contribution is -1.82. The van der Waals surface area contributed by atoms with Crippen LogP contribution in [0.3, 0.4) is 0 Å². The zero-order valence-electron chi connectivity index (χ0n) is 11.0. The van der Waals surface area contributed by atoms with Gasteiger partial charge in [-0.05, 0) is 50.9 Å². The van der Waals surface area contributed by atoms with Crippen LogP contribution in [0.1, 0.15) is 0 Å².